The average Bonchev–Trinajstić information content (AvgIpc) is 2.97. The maximum absolute atomic E-state index is 12.7. The molecule has 8 nitrogen and oxygen atoms in total. The van der Waals surface area contributed by atoms with Gasteiger partial charge >= 0.3 is 7.82 Å². The van der Waals surface area contributed by atoms with Crippen LogP contribution in [0.15, 0.2) is 60.8 Å². The van der Waals surface area contributed by atoms with Crippen molar-refractivity contribution in [1.29, 1.82) is 0 Å². The van der Waals surface area contributed by atoms with E-state index in [0.29, 0.717) is 23.9 Å². The molecule has 260 valence electrons. The Balaban J connectivity index is 4.65. The number of amides is 1. The van der Waals surface area contributed by atoms with Gasteiger partial charge in [-0.05, 0) is 57.8 Å². The van der Waals surface area contributed by atoms with Crippen molar-refractivity contribution in [2.45, 2.75) is 122 Å². The van der Waals surface area contributed by atoms with E-state index in [-0.39, 0.29) is 19.1 Å². The SMILES string of the molecule is CC/C=C\C/C=C\C/C=C\C/C=C\CCCCC(=O)NC(COP(=O)(O)OCC[N+](C)(C)C)C(O)/C=C/CCCCCCCC. The molecule has 0 bridgehead atoms. The van der Waals surface area contributed by atoms with Gasteiger partial charge < -0.3 is 19.8 Å². The van der Waals surface area contributed by atoms with E-state index >= 15 is 0 Å². The topological polar surface area (TPSA) is 105 Å². The minimum atomic E-state index is -4.33. The van der Waals surface area contributed by atoms with Gasteiger partial charge in [-0.15, -0.1) is 0 Å². The van der Waals surface area contributed by atoms with Gasteiger partial charge in [-0.3, -0.25) is 13.8 Å². The summed E-state index contributed by atoms with van der Waals surface area (Å²) in [5.41, 5.74) is 0. The summed E-state index contributed by atoms with van der Waals surface area (Å²) in [7, 11) is 1.53. The van der Waals surface area contributed by atoms with Crippen LogP contribution in [0, 0.1) is 0 Å². The summed E-state index contributed by atoms with van der Waals surface area (Å²) in [4.78, 5) is 22.8. The number of nitrogens with zero attached hydrogens (tertiary/aromatic N) is 1. The van der Waals surface area contributed by atoms with E-state index in [4.69, 9.17) is 9.05 Å². The summed E-state index contributed by atoms with van der Waals surface area (Å²) in [5.74, 6) is -0.226. The number of rotatable bonds is 29. The predicted octanol–water partition coefficient (Wildman–Crippen LogP) is 8.34. The number of carbonyl (C=O) groups excluding carboxylic acids is 1. The van der Waals surface area contributed by atoms with Crippen LogP contribution in [0.4, 0.5) is 0 Å². The van der Waals surface area contributed by atoms with E-state index < -0.39 is 20.0 Å². The number of quaternary nitrogens is 1. The maximum atomic E-state index is 12.7. The lowest BCUT2D eigenvalue weighted by Gasteiger charge is -2.25. The van der Waals surface area contributed by atoms with Gasteiger partial charge in [-0.2, -0.15) is 0 Å². The fourth-order valence-corrected chi connectivity index (χ4v) is 4.94. The molecule has 9 heteroatoms. The van der Waals surface area contributed by atoms with Crippen LogP contribution < -0.4 is 5.32 Å². The highest BCUT2D eigenvalue weighted by Crippen LogP contribution is 2.43. The van der Waals surface area contributed by atoms with Crippen molar-refractivity contribution >= 4 is 13.7 Å². The lowest BCUT2D eigenvalue weighted by molar-refractivity contribution is -0.870. The molecule has 0 aromatic rings. The zero-order valence-electron chi connectivity index (χ0n) is 29.1. The van der Waals surface area contributed by atoms with Crippen molar-refractivity contribution in [1.82, 2.24) is 5.32 Å². The highest BCUT2D eigenvalue weighted by atomic mass is 31.2. The summed E-state index contributed by atoms with van der Waals surface area (Å²) >= 11 is 0. The molecule has 0 aliphatic heterocycles. The summed E-state index contributed by atoms with van der Waals surface area (Å²) in [6.45, 7) is 4.57. The Labute approximate surface area is 275 Å². The minimum absolute atomic E-state index is 0.0499. The Hall–Kier alpha value is -1.80. The van der Waals surface area contributed by atoms with Crippen molar-refractivity contribution in [2.75, 3.05) is 40.9 Å². The van der Waals surface area contributed by atoms with Gasteiger partial charge in [0, 0.05) is 6.42 Å². The van der Waals surface area contributed by atoms with E-state index in [0.717, 1.165) is 57.8 Å². The van der Waals surface area contributed by atoms with Gasteiger partial charge in [0.05, 0.1) is 39.9 Å². The third kappa shape index (κ3) is 30.6. The predicted molar refractivity (Wildman–Crippen MR) is 189 cm³/mol. The Kier molecular flexibility index (Phi) is 27.3. The first kappa shape index (κ1) is 43.2. The molecule has 0 spiro atoms. The molecule has 3 N–H and O–H groups in total. The Bertz CT molecular complexity index is 923. The zero-order valence-corrected chi connectivity index (χ0v) is 30.0. The molecule has 3 unspecified atom stereocenters. The van der Waals surface area contributed by atoms with E-state index in [9.17, 15) is 19.4 Å². The second kappa shape index (κ2) is 28.4. The number of hydrogen-bond donors (Lipinski definition) is 3. The number of phosphoric acid groups is 1. The smallest absolute Gasteiger partial charge is 0.387 e. The van der Waals surface area contributed by atoms with E-state index in [1.165, 1.54) is 25.7 Å². The molecule has 0 aliphatic carbocycles. The third-order valence-electron chi connectivity index (χ3n) is 6.99. The van der Waals surface area contributed by atoms with Gasteiger partial charge in [0.2, 0.25) is 5.91 Å². The fraction of sp³-hybridized carbons (Fsp3) is 0.694. The number of carbonyl (C=O) groups is 1. The highest BCUT2D eigenvalue weighted by molar-refractivity contribution is 7.47. The quantitative estimate of drug-likeness (QED) is 0.0324. The first-order valence-electron chi connectivity index (χ1n) is 17.2. The lowest BCUT2D eigenvalue weighted by atomic mass is 10.1. The van der Waals surface area contributed by atoms with Crippen LogP contribution in [0.2, 0.25) is 0 Å². The summed E-state index contributed by atoms with van der Waals surface area (Å²) < 4.78 is 23.3. The highest BCUT2D eigenvalue weighted by Gasteiger charge is 2.27. The molecule has 1 amide bonds. The second-order valence-corrected chi connectivity index (χ2v) is 14.0. The average molecular weight is 654 g/mol. The number of aliphatic hydroxyl groups excluding tert-OH is 1. The van der Waals surface area contributed by atoms with Gasteiger partial charge in [-0.25, -0.2) is 4.57 Å². The minimum Gasteiger partial charge on any atom is -0.387 e. The van der Waals surface area contributed by atoms with Crippen molar-refractivity contribution in [3.63, 3.8) is 0 Å². The van der Waals surface area contributed by atoms with Crippen LogP contribution in [0.5, 0.6) is 0 Å². The van der Waals surface area contributed by atoms with E-state index in [2.05, 4.69) is 67.8 Å². The molecule has 0 saturated heterocycles. The van der Waals surface area contributed by atoms with Crippen LogP contribution in [-0.2, 0) is 18.4 Å². The van der Waals surface area contributed by atoms with Crippen LogP contribution in [-0.4, -0.2) is 73.4 Å². The van der Waals surface area contributed by atoms with Crippen molar-refractivity contribution in [3.8, 4) is 0 Å². The molecule has 0 radical (unpaired) electrons. The number of hydrogen-bond acceptors (Lipinski definition) is 5. The number of phosphoric ester groups is 1. The van der Waals surface area contributed by atoms with Crippen LogP contribution in [0.25, 0.3) is 0 Å². The molecule has 45 heavy (non-hydrogen) atoms. The lowest BCUT2D eigenvalue weighted by Crippen LogP contribution is -2.45. The zero-order chi connectivity index (χ0) is 33.7. The molecule has 0 fully saturated rings. The molecule has 0 rings (SSSR count). The number of allylic oxidation sites excluding steroid dienone is 9. The first-order valence-corrected chi connectivity index (χ1v) is 18.7. The molecule has 0 aliphatic rings. The molecule has 0 heterocycles. The molecular weight excluding hydrogens is 587 g/mol. The Morgan fingerprint density at radius 2 is 1.33 bits per heavy atom. The van der Waals surface area contributed by atoms with Crippen molar-refractivity contribution in [2.24, 2.45) is 0 Å². The number of aliphatic hydroxyl groups is 1. The van der Waals surface area contributed by atoms with Gasteiger partial charge in [0.1, 0.15) is 13.2 Å². The first-order chi connectivity index (χ1) is 21.5. The van der Waals surface area contributed by atoms with Crippen molar-refractivity contribution in [3.05, 3.63) is 60.8 Å². The Morgan fingerprint density at radius 1 is 0.778 bits per heavy atom. The van der Waals surface area contributed by atoms with E-state index in [1.54, 1.807) is 6.08 Å². The Morgan fingerprint density at radius 3 is 1.96 bits per heavy atom. The maximum Gasteiger partial charge on any atom is 0.472 e. The number of nitrogens with one attached hydrogen (secondary N) is 1. The summed E-state index contributed by atoms with van der Waals surface area (Å²) in [5, 5.41) is 13.6. The molecular formula is C36H66N2O6P+. The standard InChI is InChI=1S/C36H65N2O6P/c1-6-8-10-12-14-16-17-18-19-20-21-22-24-26-28-30-36(40)37-34(33-44-45(41,42)43-32-31-38(3,4)5)35(39)29-27-25-23-15-13-11-9-7-2/h8,10,14,16,18-19,21-22,27,29,34-35,39H,6-7,9,11-13,15,17,20,23-26,28,30-33H2,1-5H3,(H-,37,40,41,42)/p+1/b10-8-,16-14-,19-18-,22-21-,29-27+. The molecule has 0 aromatic carbocycles. The summed E-state index contributed by atoms with van der Waals surface area (Å²) in [6, 6.07) is -0.866. The van der Waals surface area contributed by atoms with Crippen LogP contribution in [0.1, 0.15) is 110 Å². The molecule has 3 atom stereocenters. The molecule has 0 saturated carbocycles. The monoisotopic (exact) mass is 653 g/mol. The number of likely N-dealkylation sites (N-methyl/N-ethyl adjacent to an activating group) is 1. The largest absolute Gasteiger partial charge is 0.472 e. The van der Waals surface area contributed by atoms with Crippen LogP contribution >= 0.6 is 7.82 Å². The van der Waals surface area contributed by atoms with Gasteiger partial charge in [0.15, 0.2) is 0 Å². The third-order valence-corrected chi connectivity index (χ3v) is 7.98. The fourth-order valence-electron chi connectivity index (χ4n) is 4.20. The van der Waals surface area contributed by atoms with Gasteiger partial charge in [0.25, 0.3) is 0 Å². The van der Waals surface area contributed by atoms with Crippen LogP contribution in [0.3, 0.4) is 0 Å². The van der Waals surface area contributed by atoms with E-state index in [1.807, 2.05) is 27.2 Å². The van der Waals surface area contributed by atoms with Crippen molar-refractivity contribution < 1.29 is 32.9 Å². The number of unbranched alkanes of at least 4 members (excludes halogenated alkanes) is 8. The second-order valence-electron chi connectivity index (χ2n) is 12.5. The van der Waals surface area contributed by atoms with Gasteiger partial charge in [-0.1, -0.05) is 107 Å². The molecule has 0 aromatic heterocycles. The normalized spacial score (nSPS) is 15.6. The summed E-state index contributed by atoms with van der Waals surface area (Å²) in [6.07, 6.45) is 34.4.